The second kappa shape index (κ2) is 4.97. The van der Waals surface area contributed by atoms with E-state index in [0.717, 1.165) is 32.2 Å². The van der Waals surface area contributed by atoms with Gasteiger partial charge in [-0.3, -0.25) is 4.90 Å². The first-order valence-electron chi connectivity index (χ1n) is 7.39. The van der Waals surface area contributed by atoms with E-state index in [1.807, 2.05) is 0 Å². The molecule has 3 aliphatic rings. The van der Waals surface area contributed by atoms with Crippen LogP contribution in [0.3, 0.4) is 0 Å². The lowest BCUT2D eigenvalue weighted by Crippen LogP contribution is -2.70. The third-order valence-corrected chi connectivity index (χ3v) is 6.11. The van der Waals surface area contributed by atoms with Crippen molar-refractivity contribution in [3.05, 3.63) is 0 Å². The predicted octanol–water partition coefficient (Wildman–Crippen LogP) is 1.85. The van der Waals surface area contributed by atoms with Crippen LogP contribution in [-0.4, -0.2) is 53.3 Å². The lowest BCUT2D eigenvalue weighted by Gasteiger charge is -2.55. The van der Waals surface area contributed by atoms with Gasteiger partial charge in [0.25, 0.3) is 0 Å². The fraction of sp³-hybridized carbons (Fsp3) is 1.00. The van der Waals surface area contributed by atoms with Crippen LogP contribution in [0.1, 0.15) is 39.0 Å². The van der Waals surface area contributed by atoms with Crippen LogP contribution in [0.2, 0.25) is 0 Å². The number of likely N-dealkylation sites (tertiary alicyclic amines) is 1. The first-order valence-corrected chi connectivity index (χ1v) is 8.55. The van der Waals surface area contributed by atoms with Gasteiger partial charge in [0.15, 0.2) is 0 Å². The Balaban J connectivity index is 1.58. The molecule has 2 N–H and O–H groups in total. The van der Waals surface area contributed by atoms with Crippen molar-refractivity contribution in [3.8, 4) is 0 Å². The van der Waals surface area contributed by atoms with Crippen LogP contribution in [-0.2, 0) is 4.74 Å². The van der Waals surface area contributed by atoms with Crippen LogP contribution < -0.4 is 5.73 Å². The van der Waals surface area contributed by atoms with Gasteiger partial charge in [-0.15, -0.1) is 0 Å². The molecule has 1 atom stereocenters. The van der Waals surface area contributed by atoms with Crippen LogP contribution in [0.5, 0.6) is 0 Å². The lowest BCUT2D eigenvalue weighted by molar-refractivity contribution is -0.126. The van der Waals surface area contributed by atoms with Crippen molar-refractivity contribution >= 4 is 11.8 Å². The molecule has 104 valence electrons. The number of thioether (sulfide) groups is 1. The average molecular weight is 270 g/mol. The van der Waals surface area contributed by atoms with Gasteiger partial charge in [-0.2, -0.15) is 11.8 Å². The molecule has 0 amide bonds. The van der Waals surface area contributed by atoms with Crippen molar-refractivity contribution in [1.82, 2.24) is 4.90 Å². The first-order chi connectivity index (χ1) is 8.65. The van der Waals surface area contributed by atoms with Crippen LogP contribution in [0, 0.1) is 0 Å². The number of ether oxygens (including phenoxy) is 1. The molecule has 3 nitrogen and oxygen atoms in total. The van der Waals surface area contributed by atoms with E-state index in [1.165, 1.54) is 37.2 Å². The minimum absolute atomic E-state index is 0.105. The summed E-state index contributed by atoms with van der Waals surface area (Å²) in [6.45, 7) is 5.36. The first kappa shape index (κ1) is 13.2. The molecule has 0 aromatic rings. The second-order valence-corrected chi connectivity index (χ2v) is 7.64. The summed E-state index contributed by atoms with van der Waals surface area (Å²) in [5, 5.41) is 0. The second-order valence-electron chi connectivity index (χ2n) is 6.41. The van der Waals surface area contributed by atoms with Crippen molar-refractivity contribution in [2.75, 3.05) is 31.2 Å². The van der Waals surface area contributed by atoms with Gasteiger partial charge in [-0.1, -0.05) is 6.92 Å². The molecule has 0 bridgehead atoms. The largest absolute Gasteiger partial charge is 0.375 e. The Bertz CT molecular complexity index is 293. The van der Waals surface area contributed by atoms with Crippen molar-refractivity contribution in [1.29, 1.82) is 0 Å². The topological polar surface area (TPSA) is 38.5 Å². The summed E-state index contributed by atoms with van der Waals surface area (Å²) in [6.07, 6.45) is 6.06. The summed E-state index contributed by atoms with van der Waals surface area (Å²) in [7, 11) is 0. The molecule has 3 rings (SSSR count). The maximum absolute atomic E-state index is 6.29. The van der Waals surface area contributed by atoms with E-state index < -0.39 is 0 Å². The predicted molar refractivity (Wildman–Crippen MR) is 77.0 cm³/mol. The Morgan fingerprint density at radius 2 is 2.06 bits per heavy atom. The van der Waals surface area contributed by atoms with E-state index in [9.17, 15) is 0 Å². The molecular weight excluding hydrogens is 244 g/mol. The Hall–Kier alpha value is 0.230. The standard InChI is InChI=1S/C14H26N2OS/c1-2-13(15)10-16(11-13)12-3-6-17-14(9-12)4-7-18-8-5-14/h12H,2-11,15H2,1H3. The highest BCUT2D eigenvalue weighted by molar-refractivity contribution is 7.99. The van der Waals surface area contributed by atoms with Crippen molar-refractivity contribution in [2.45, 2.75) is 56.2 Å². The van der Waals surface area contributed by atoms with E-state index in [2.05, 4.69) is 23.6 Å². The molecule has 1 unspecified atom stereocenters. The molecular formula is C14H26N2OS. The number of rotatable bonds is 2. The van der Waals surface area contributed by atoms with E-state index in [4.69, 9.17) is 10.5 Å². The van der Waals surface area contributed by atoms with E-state index >= 15 is 0 Å². The van der Waals surface area contributed by atoms with Crippen LogP contribution >= 0.6 is 11.8 Å². The van der Waals surface area contributed by atoms with E-state index in [-0.39, 0.29) is 11.1 Å². The van der Waals surface area contributed by atoms with Gasteiger partial charge in [0, 0.05) is 31.3 Å². The lowest BCUT2D eigenvalue weighted by atomic mass is 9.80. The molecule has 0 aliphatic carbocycles. The minimum Gasteiger partial charge on any atom is -0.375 e. The summed E-state index contributed by atoms with van der Waals surface area (Å²) in [5.41, 5.74) is 6.61. The van der Waals surface area contributed by atoms with Crippen LogP contribution in [0.25, 0.3) is 0 Å². The Morgan fingerprint density at radius 3 is 2.72 bits per heavy atom. The minimum atomic E-state index is 0.105. The summed E-state index contributed by atoms with van der Waals surface area (Å²) in [6, 6.07) is 0.727. The molecule has 3 aliphatic heterocycles. The molecule has 0 aromatic heterocycles. The van der Waals surface area contributed by atoms with Crippen LogP contribution in [0.15, 0.2) is 0 Å². The number of nitrogens with two attached hydrogens (primary N) is 1. The molecule has 3 fully saturated rings. The zero-order valence-corrected chi connectivity index (χ0v) is 12.3. The zero-order chi connectivity index (χ0) is 12.6. The van der Waals surface area contributed by atoms with Gasteiger partial charge in [0.2, 0.25) is 0 Å². The highest BCUT2D eigenvalue weighted by Gasteiger charge is 2.46. The molecule has 0 aromatic carbocycles. The SMILES string of the molecule is CCC1(N)CN(C2CCOC3(CCSCC3)C2)C1. The molecule has 0 saturated carbocycles. The quantitative estimate of drug-likeness (QED) is 0.831. The third kappa shape index (κ3) is 2.45. The summed E-state index contributed by atoms with van der Waals surface area (Å²) < 4.78 is 6.16. The Labute approximate surface area is 115 Å². The fourth-order valence-electron chi connectivity index (χ4n) is 3.65. The van der Waals surface area contributed by atoms with Gasteiger partial charge < -0.3 is 10.5 Å². The van der Waals surface area contributed by atoms with Gasteiger partial charge in [-0.25, -0.2) is 0 Å². The van der Waals surface area contributed by atoms with Crippen molar-refractivity contribution < 1.29 is 4.74 Å². The maximum Gasteiger partial charge on any atom is 0.0713 e. The molecule has 3 heterocycles. The maximum atomic E-state index is 6.29. The van der Waals surface area contributed by atoms with Gasteiger partial charge in [0.05, 0.1) is 5.60 Å². The zero-order valence-electron chi connectivity index (χ0n) is 11.5. The number of nitrogens with zero attached hydrogens (tertiary/aromatic N) is 1. The van der Waals surface area contributed by atoms with E-state index in [1.54, 1.807) is 0 Å². The molecule has 3 saturated heterocycles. The number of hydrogen-bond donors (Lipinski definition) is 1. The average Bonchev–Trinajstić information content (AvgIpc) is 2.36. The van der Waals surface area contributed by atoms with Crippen molar-refractivity contribution in [2.24, 2.45) is 5.73 Å². The highest BCUT2D eigenvalue weighted by Crippen LogP contribution is 2.40. The van der Waals surface area contributed by atoms with Gasteiger partial charge >= 0.3 is 0 Å². The highest BCUT2D eigenvalue weighted by atomic mass is 32.2. The number of hydrogen-bond acceptors (Lipinski definition) is 4. The fourth-order valence-corrected chi connectivity index (χ4v) is 4.89. The van der Waals surface area contributed by atoms with E-state index in [0.29, 0.717) is 0 Å². The molecule has 0 radical (unpaired) electrons. The summed E-state index contributed by atoms with van der Waals surface area (Å²) in [4.78, 5) is 2.61. The van der Waals surface area contributed by atoms with Gasteiger partial charge in [-0.05, 0) is 43.6 Å². The van der Waals surface area contributed by atoms with Crippen molar-refractivity contribution in [3.63, 3.8) is 0 Å². The van der Waals surface area contributed by atoms with Crippen LogP contribution in [0.4, 0.5) is 0 Å². The monoisotopic (exact) mass is 270 g/mol. The van der Waals surface area contributed by atoms with Gasteiger partial charge in [0.1, 0.15) is 0 Å². The normalized spacial score (nSPS) is 35.3. The molecule has 18 heavy (non-hydrogen) atoms. The smallest absolute Gasteiger partial charge is 0.0713 e. The summed E-state index contributed by atoms with van der Waals surface area (Å²) >= 11 is 2.08. The Morgan fingerprint density at radius 1 is 1.33 bits per heavy atom. The summed E-state index contributed by atoms with van der Waals surface area (Å²) in [5.74, 6) is 2.56. The molecule has 4 heteroatoms. The third-order valence-electron chi connectivity index (χ3n) is 5.13. The molecule has 1 spiro atoms. The Kier molecular flexibility index (Phi) is 3.65.